The second kappa shape index (κ2) is 8.35. The molecule has 1 amide bonds. The van der Waals surface area contributed by atoms with Gasteiger partial charge in [-0.1, -0.05) is 18.2 Å². The van der Waals surface area contributed by atoms with E-state index in [1.807, 2.05) is 18.2 Å². The maximum absolute atomic E-state index is 12.6. The van der Waals surface area contributed by atoms with Crippen LogP contribution >= 0.6 is 0 Å². The Morgan fingerprint density at radius 1 is 1.26 bits per heavy atom. The first-order chi connectivity index (χ1) is 13.3. The van der Waals surface area contributed by atoms with Crippen LogP contribution in [-0.2, 0) is 11.3 Å². The number of hydrogen-bond donors (Lipinski definition) is 1. The first kappa shape index (κ1) is 17.7. The topological polar surface area (TPSA) is 70.6 Å². The molecule has 1 aromatic heterocycles. The Hall–Kier alpha value is -2.67. The van der Waals surface area contributed by atoms with Crippen LogP contribution in [0.3, 0.4) is 0 Å². The summed E-state index contributed by atoms with van der Waals surface area (Å²) in [6.07, 6.45) is 7.19. The molecule has 0 radical (unpaired) electrons. The molecule has 1 saturated heterocycles. The highest BCUT2D eigenvalue weighted by molar-refractivity contribution is 5.78. The van der Waals surface area contributed by atoms with Gasteiger partial charge in [-0.15, -0.1) is 0 Å². The average molecular weight is 367 g/mol. The molecule has 142 valence electrons. The minimum absolute atomic E-state index is 0.0698. The van der Waals surface area contributed by atoms with Crippen molar-refractivity contribution in [1.29, 1.82) is 0 Å². The van der Waals surface area contributed by atoms with Crippen molar-refractivity contribution in [3.63, 3.8) is 0 Å². The standard InChI is InChI=1S/C20H25N5O2/c26-20(15-24-10-11-27-18-6-2-1-4-16(18)13-24)23-17-5-3-9-25(14-17)19-12-21-7-8-22-19/h1-2,4,6-8,12,17H,3,5,9-11,13-15H2,(H,23,26)/t17-/m1/s1. The quantitative estimate of drug-likeness (QED) is 0.882. The fraction of sp³-hybridized carbons (Fsp3) is 0.450. The number of piperidine rings is 1. The molecule has 0 saturated carbocycles. The van der Waals surface area contributed by atoms with E-state index >= 15 is 0 Å². The highest BCUT2D eigenvalue weighted by Gasteiger charge is 2.24. The van der Waals surface area contributed by atoms with Crippen LogP contribution in [0.2, 0.25) is 0 Å². The van der Waals surface area contributed by atoms with E-state index in [0.717, 1.165) is 56.2 Å². The van der Waals surface area contributed by atoms with Gasteiger partial charge in [0.15, 0.2) is 0 Å². The van der Waals surface area contributed by atoms with Crippen LogP contribution in [0.5, 0.6) is 5.75 Å². The lowest BCUT2D eigenvalue weighted by Gasteiger charge is -2.34. The normalized spacial score (nSPS) is 20.3. The molecule has 0 bridgehead atoms. The first-order valence-electron chi connectivity index (χ1n) is 9.51. The predicted molar refractivity (Wildman–Crippen MR) is 103 cm³/mol. The van der Waals surface area contributed by atoms with E-state index < -0.39 is 0 Å². The Balaban J connectivity index is 1.31. The van der Waals surface area contributed by atoms with E-state index in [2.05, 4.69) is 31.2 Å². The van der Waals surface area contributed by atoms with Crippen molar-refractivity contribution in [2.24, 2.45) is 0 Å². The number of anilines is 1. The fourth-order valence-electron chi connectivity index (χ4n) is 3.75. The number of nitrogens with one attached hydrogen (secondary N) is 1. The van der Waals surface area contributed by atoms with Crippen molar-refractivity contribution < 1.29 is 9.53 Å². The Morgan fingerprint density at radius 3 is 3.07 bits per heavy atom. The monoisotopic (exact) mass is 367 g/mol. The molecule has 0 aliphatic carbocycles. The number of benzene rings is 1. The van der Waals surface area contributed by atoms with Gasteiger partial charge in [0, 0.05) is 50.2 Å². The number of carbonyl (C=O) groups is 1. The predicted octanol–water partition coefficient (Wildman–Crippen LogP) is 1.46. The number of carbonyl (C=O) groups excluding carboxylic acids is 1. The molecule has 7 nitrogen and oxygen atoms in total. The molecule has 0 spiro atoms. The van der Waals surface area contributed by atoms with Gasteiger partial charge < -0.3 is 15.0 Å². The van der Waals surface area contributed by atoms with Crippen molar-refractivity contribution in [1.82, 2.24) is 20.2 Å². The highest BCUT2D eigenvalue weighted by atomic mass is 16.5. The number of rotatable bonds is 4. The Kier molecular flexibility index (Phi) is 5.48. The van der Waals surface area contributed by atoms with Gasteiger partial charge >= 0.3 is 0 Å². The summed E-state index contributed by atoms with van der Waals surface area (Å²) in [5.41, 5.74) is 1.13. The Bertz CT molecular complexity index is 770. The van der Waals surface area contributed by atoms with Gasteiger partial charge in [-0.2, -0.15) is 0 Å². The van der Waals surface area contributed by atoms with Gasteiger partial charge in [0.1, 0.15) is 18.2 Å². The van der Waals surface area contributed by atoms with Crippen LogP contribution in [0, 0.1) is 0 Å². The van der Waals surface area contributed by atoms with E-state index in [0.29, 0.717) is 13.2 Å². The summed E-state index contributed by atoms with van der Waals surface area (Å²) in [4.78, 5) is 25.5. The maximum atomic E-state index is 12.6. The molecule has 2 aliphatic heterocycles. The lowest BCUT2D eigenvalue weighted by molar-refractivity contribution is -0.123. The van der Waals surface area contributed by atoms with Gasteiger partial charge in [0.25, 0.3) is 0 Å². The van der Waals surface area contributed by atoms with Gasteiger partial charge in [0.05, 0.1) is 12.7 Å². The van der Waals surface area contributed by atoms with Crippen LogP contribution < -0.4 is 15.0 Å². The summed E-state index contributed by atoms with van der Waals surface area (Å²) in [5, 5.41) is 3.20. The SMILES string of the molecule is O=C(CN1CCOc2ccccc2C1)N[C@@H]1CCCN(c2cnccn2)C1. The zero-order valence-electron chi connectivity index (χ0n) is 15.4. The molecule has 27 heavy (non-hydrogen) atoms. The van der Waals surface area contributed by atoms with Gasteiger partial charge in [-0.3, -0.25) is 14.7 Å². The number of aromatic nitrogens is 2. The van der Waals surface area contributed by atoms with Crippen LogP contribution in [0.1, 0.15) is 18.4 Å². The highest BCUT2D eigenvalue weighted by Crippen LogP contribution is 2.22. The molecule has 7 heteroatoms. The van der Waals surface area contributed by atoms with Crippen molar-refractivity contribution in [2.45, 2.75) is 25.4 Å². The molecule has 1 atom stereocenters. The molecule has 2 aliphatic rings. The van der Waals surface area contributed by atoms with E-state index in [4.69, 9.17) is 4.74 Å². The number of hydrogen-bond acceptors (Lipinski definition) is 6. The number of para-hydroxylation sites is 1. The third kappa shape index (κ3) is 4.54. The average Bonchev–Trinajstić information content (AvgIpc) is 2.90. The van der Waals surface area contributed by atoms with Crippen LogP contribution in [0.4, 0.5) is 5.82 Å². The molecule has 1 fully saturated rings. The molecular weight excluding hydrogens is 342 g/mol. The van der Waals surface area contributed by atoms with E-state index in [1.54, 1.807) is 18.6 Å². The van der Waals surface area contributed by atoms with E-state index in [9.17, 15) is 4.79 Å². The molecular formula is C20H25N5O2. The second-order valence-corrected chi connectivity index (χ2v) is 7.08. The first-order valence-corrected chi connectivity index (χ1v) is 9.51. The van der Waals surface area contributed by atoms with E-state index in [-0.39, 0.29) is 11.9 Å². The smallest absolute Gasteiger partial charge is 0.234 e. The second-order valence-electron chi connectivity index (χ2n) is 7.08. The summed E-state index contributed by atoms with van der Waals surface area (Å²) in [6.45, 7) is 4.20. The van der Waals surface area contributed by atoms with Gasteiger partial charge in [-0.05, 0) is 18.9 Å². The Morgan fingerprint density at radius 2 is 2.19 bits per heavy atom. The summed E-state index contributed by atoms with van der Waals surface area (Å²) >= 11 is 0. The van der Waals surface area contributed by atoms with Crippen LogP contribution in [0.15, 0.2) is 42.9 Å². The number of fused-ring (bicyclic) bond motifs is 1. The lowest BCUT2D eigenvalue weighted by atomic mass is 10.1. The molecule has 4 rings (SSSR count). The van der Waals surface area contributed by atoms with Gasteiger partial charge in [-0.25, -0.2) is 4.98 Å². The molecule has 0 unspecified atom stereocenters. The zero-order valence-corrected chi connectivity index (χ0v) is 15.4. The fourth-order valence-corrected chi connectivity index (χ4v) is 3.75. The molecule has 2 aromatic rings. The van der Waals surface area contributed by atoms with Crippen molar-refractivity contribution in [2.75, 3.05) is 37.7 Å². The minimum atomic E-state index is 0.0698. The number of ether oxygens (including phenoxy) is 1. The third-order valence-electron chi connectivity index (χ3n) is 5.06. The number of nitrogens with zero attached hydrogens (tertiary/aromatic N) is 4. The molecule has 1 aromatic carbocycles. The molecule has 3 heterocycles. The zero-order chi connectivity index (χ0) is 18.5. The van der Waals surface area contributed by atoms with Crippen molar-refractivity contribution in [3.05, 3.63) is 48.4 Å². The van der Waals surface area contributed by atoms with Crippen LogP contribution in [-0.4, -0.2) is 59.6 Å². The molecule has 1 N–H and O–H groups in total. The Labute approximate surface area is 159 Å². The van der Waals surface area contributed by atoms with Crippen LogP contribution in [0.25, 0.3) is 0 Å². The summed E-state index contributed by atoms with van der Waals surface area (Å²) in [5.74, 6) is 1.87. The summed E-state index contributed by atoms with van der Waals surface area (Å²) in [7, 11) is 0. The lowest BCUT2D eigenvalue weighted by Crippen LogP contribution is -2.50. The number of amides is 1. The van der Waals surface area contributed by atoms with Crippen molar-refractivity contribution in [3.8, 4) is 5.75 Å². The third-order valence-corrected chi connectivity index (χ3v) is 5.06. The summed E-state index contributed by atoms with van der Waals surface area (Å²) < 4.78 is 5.78. The van der Waals surface area contributed by atoms with E-state index in [1.165, 1.54) is 0 Å². The maximum Gasteiger partial charge on any atom is 0.234 e. The van der Waals surface area contributed by atoms with Crippen molar-refractivity contribution >= 4 is 11.7 Å². The summed E-state index contributed by atoms with van der Waals surface area (Å²) in [6, 6.07) is 8.18. The largest absolute Gasteiger partial charge is 0.492 e. The van der Waals surface area contributed by atoms with Gasteiger partial charge in [0.2, 0.25) is 5.91 Å². The minimum Gasteiger partial charge on any atom is -0.492 e.